The number of carbonyl (C=O) groups excluding carboxylic acids is 1. The summed E-state index contributed by atoms with van der Waals surface area (Å²) in [6, 6.07) is 7.15. The highest BCUT2D eigenvalue weighted by Gasteiger charge is 2.32. The SMILES string of the molecule is O=C(O)CC1SC(=NN=Cc2ccc(C#CCO)cc2)NC1=O. The fourth-order valence-electron chi connectivity index (χ4n) is 1.69. The van der Waals surface area contributed by atoms with Crippen molar-refractivity contribution in [2.75, 3.05) is 6.61 Å². The van der Waals surface area contributed by atoms with Gasteiger partial charge < -0.3 is 15.5 Å². The van der Waals surface area contributed by atoms with Gasteiger partial charge in [-0.25, -0.2) is 0 Å². The van der Waals surface area contributed by atoms with E-state index in [4.69, 9.17) is 10.2 Å². The van der Waals surface area contributed by atoms with Crippen molar-refractivity contribution in [3.05, 3.63) is 35.4 Å². The van der Waals surface area contributed by atoms with E-state index < -0.39 is 11.2 Å². The van der Waals surface area contributed by atoms with Crippen LogP contribution in [0.25, 0.3) is 0 Å². The molecule has 1 amide bonds. The van der Waals surface area contributed by atoms with Crippen LogP contribution in [0.4, 0.5) is 0 Å². The summed E-state index contributed by atoms with van der Waals surface area (Å²) < 4.78 is 0. The first kappa shape index (κ1) is 16.7. The minimum atomic E-state index is -1.04. The molecule has 0 radical (unpaired) electrons. The van der Waals surface area contributed by atoms with Gasteiger partial charge in [-0.15, -0.1) is 5.10 Å². The quantitative estimate of drug-likeness (QED) is 0.421. The Bertz CT molecular complexity index is 716. The van der Waals surface area contributed by atoms with Crippen molar-refractivity contribution in [2.24, 2.45) is 10.2 Å². The van der Waals surface area contributed by atoms with E-state index in [1.54, 1.807) is 24.3 Å². The number of carboxylic acid groups (broad SMARTS) is 1. The first-order valence-electron chi connectivity index (χ1n) is 6.58. The van der Waals surface area contributed by atoms with E-state index in [1.807, 2.05) is 0 Å². The van der Waals surface area contributed by atoms with E-state index in [0.29, 0.717) is 0 Å². The number of amidine groups is 1. The van der Waals surface area contributed by atoms with E-state index in [-0.39, 0.29) is 24.1 Å². The van der Waals surface area contributed by atoms with Crippen LogP contribution < -0.4 is 5.32 Å². The summed E-state index contributed by atoms with van der Waals surface area (Å²) in [7, 11) is 0. The molecular weight excluding hydrogens is 318 g/mol. The first-order chi connectivity index (χ1) is 11.1. The summed E-state index contributed by atoms with van der Waals surface area (Å²) in [5.41, 5.74) is 1.57. The number of carboxylic acids is 1. The minimum absolute atomic E-state index is 0.188. The maximum absolute atomic E-state index is 11.5. The monoisotopic (exact) mass is 331 g/mol. The first-order valence-corrected chi connectivity index (χ1v) is 7.46. The van der Waals surface area contributed by atoms with Gasteiger partial charge in [0.15, 0.2) is 5.17 Å². The van der Waals surface area contributed by atoms with Gasteiger partial charge in [0, 0.05) is 5.56 Å². The van der Waals surface area contributed by atoms with E-state index >= 15 is 0 Å². The highest BCUT2D eigenvalue weighted by Crippen LogP contribution is 2.22. The number of aliphatic hydroxyl groups excluding tert-OH is 1. The second-order valence-corrected chi connectivity index (χ2v) is 5.62. The average Bonchev–Trinajstić information content (AvgIpc) is 2.86. The zero-order valence-corrected chi connectivity index (χ0v) is 12.7. The molecule has 1 saturated heterocycles. The molecule has 1 aliphatic rings. The maximum Gasteiger partial charge on any atom is 0.305 e. The number of amides is 1. The molecule has 7 nitrogen and oxygen atoms in total. The van der Waals surface area contributed by atoms with Crippen LogP contribution in [0.2, 0.25) is 0 Å². The topological polar surface area (TPSA) is 111 Å². The number of carbonyl (C=O) groups is 2. The predicted octanol–water partition coefficient (Wildman–Crippen LogP) is 0.427. The van der Waals surface area contributed by atoms with Gasteiger partial charge >= 0.3 is 5.97 Å². The van der Waals surface area contributed by atoms with Gasteiger partial charge in [-0.05, 0) is 17.7 Å². The molecule has 1 aromatic rings. The lowest BCUT2D eigenvalue weighted by molar-refractivity contribution is -0.138. The van der Waals surface area contributed by atoms with Gasteiger partial charge in [0.05, 0.1) is 12.6 Å². The van der Waals surface area contributed by atoms with Gasteiger partial charge in [0.25, 0.3) is 0 Å². The molecule has 0 bridgehead atoms. The van der Waals surface area contributed by atoms with Crippen molar-refractivity contribution < 1.29 is 19.8 Å². The molecule has 1 fully saturated rings. The Morgan fingerprint density at radius 1 is 1.39 bits per heavy atom. The highest BCUT2D eigenvalue weighted by atomic mass is 32.2. The third kappa shape index (κ3) is 5.25. The van der Waals surface area contributed by atoms with Crippen molar-refractivity contribution in [3.8, 4) is 11.8 Å². The van der Waals surface area contributed by atoms with Crippen LogP contribution in [0.5, 0.6) is 0 Å². The lowest BCUT2D eigenvalue weighted by Gasteiger charge is -1.97. The molecule has 1 unspecified atom stereocenters. The van der Waals surface area contributed by atoms with Crippen molar-refractivity contribution in [1.29, 1.82) is 0 Å². The number of hydrogen-bond donors (Lipinski definition) is 3. The summed E-state index contributed by atoms with van der Waals surface area (Å²) in [4.78, 5) is 22.1. The Kier molecular flexibility index (Phi) is 5.91. The number of nitrogens with one attached hydrogen (secondary N) is 1. The van der Waals surface area contributed by atoms with Crippen molar-refractivity contribution in [2.45, 2.75) is 11.7 Å². The molecule has 2 rings (SSSR count). The maximum atomic E-state index is 11.5. The molecule has 8 heteroatoms. The smallest absolute Gasteiger partial charge is 0.305 e. The Morgan fingerprint density at radius 3 is 2.78 bits per heavy atom. The third-order valence-electron chi connectivity index (χ3n) is 2.71. The van der Waals surface area contributed by atoms with E-state index in [1.165, 1.54) is 6.21 Å². The van der Waals surface area contributed by atoms with Gasteiger partial charge in [-0.2, -0.15) is 5.10 Å². The number of thioether (sulfide) groups is 1. The molecule has 118 valence electrons. The molecular formula is C15H13N3O4S. The summed E-state index contributed by atoms with van der Waals surface area (Å²) in [6.45, 7) is -0.188. The normalized spacial score (nSPS) is 18.7. The van der Waals surface area contributed by atoms with Crippen LogP contribution in [0.15, 0.2) is 34.5 Å². The van der Waals surface area contributed by atoms with Crippen molar-refractivity contribution in [3.63, 3.8) is 0 Å². The van der Waals surface area contributed by atoms with Crippen LogP contribution in [-0.2, 0) is 9.59 Å². The number of aliphatic hydroxyl groups is 1. The second-order valence-electron chi connectivity index (χ2n) is 4.43. The zero-order chi connectivity index (χ0) is 16.7. The highest BCUT2D eigenvalue weighted by molar-refractivity contribution is 8.15. The van der Waals surface area contributed by atoms with Gasteiger partial charge in [-0.3, -0.25) is 9.59 Å². The Hall–Kier alpha value is -2.63. The van der Waals surface area contributed by atoms with Crippen LogP contribution in [0.3, 0.4) is 0 Å². The van der Waals surface area contributed by atoms with E-state index in [2.05, 4.69) is 27.4 Å². The molecule has 1 aliphatic heterocycles. The average molecular weight is 331 g/mol. The fourth-order valence-corrected chi connectivity index (χ4v) is 2.60. The molecule has 0 aromatic heterocycles. The third-order valence-corrected chi connectivity index (χ3v) is 3.79. The largest absolute Gasteiger partial charge is 0.481 e. The summed E-state index contributed by atoms with van der Waals surface area (Å²) in [6.07, 6.45) is 1.25. The molecule has 1 heterocycles. The van der Waals surface area contributed by atoms with Crippen LogP contribution in [-0.4, -0.2) is 45.3 Å². The Morgan fingerprint density at radius 2 is 2.13 bits per heavy atom. The van der Waals surface area contributed by atoms with Crippen molar-refractivity contribution in [1.82, 2.24) is 5.32 Å². The Balaban J connectivity index is 1.96. The molecule has 0 saturated carbocycles. The van der Waals surface area contributed by atoms with Crippen molar-refractivity contribution >= 4 is 35.0 Å². The molecule has 0 spiro atoms. The Labute approximate surface area is 136 Å². The molecule has 23 heavy (non-hydrogen) atoms. The van der Waals surface area contributed by atoms with Gasteiger partial charge in [0.1, 0.15) is 11.9 Å². The van der Waals surface area contributed by atoms with E-state index in [0.717, 1.165) is 22.9 Å². The molecule has 0 aliphatic carbocycles. The van der Waals surface area contributed by atoms with Gasteiger partial charge in [-0.1, -0.05) is 35.7 Å². The van der Waals surface area contributed by atoms with Gasteiger partial charge in [0.2, 0.25) is 5.91 Å². The van der Waals surface area contributed by atoms with E-state index in [9.17, 15) is 9.59 Å². The molecule has 1 atom stereocenters. The summed E-state index contributed by atoms with van der Waals surface area (Å²) in [5.74, 6) is 3.92. The number of hydrogen-bond acceptors (Lipinski definition) is 6. The fraction of sp³-hybridized carbons (Fsp3) is 0.200. The number of nitrogens with zero attached hydrogens (tertiary/aromatic N) is 2. The zero-order valence-electron chi connectivity index (χ0n) is 11.9. The minimum Gasteiger partial charge on any atom is -0.481 e. The summed E-state index contributed by atoms with van der Waals surface area (Å²) in [5, 5.41) is 27.1. The number of benzene rings is 1. The standard InChI is InChI=1S/C15H13N3O4S/c19-7-1-2-10-3-5-11(6-4-10)9-16-18-15-17-14(22)12(23-15)8-13(20)21/h3-6,9,12,19H,7-8H2,(H,20,21)(H,17,18,22). The lowest BCUT2D eigenvalue weighted by atomic mass is 10.1. The number of aliphatic carboxylic acids is 1. The predicted molar refractivity (Wildman–Crippen MR) is 87.2 cm³/mol. The second kappa shape index (κ2) is 8.12. The van der Waals surface area contributed by atoms with Crippen LogP contribution in [0.1, 0.15) is 17.5 Å². The lowest BCUT2D eigenvalue weighted by Crippen LogP contribution is -2.26. The van der Waals surface area contributed by atoms with Crippen LogP contribution in [0, 0.1) is 11.8 Å². The molecule has 1 aromatic carbocycles. The summed E-state index contributed by atoms with van der Waals surface area (Å²) >= 11 is 1.05. The number of rotatable bonds is 4. The van der Waals surface area contributed by atoms with Crippen LogP contribution >= 0.6 is 11.8 Å². The molecule has 3 N–H and O–H groups in total.